The van der Waals surface area contributed by atoms with E-state index >= 15 is 0 Å². The molecule has 2 rings (SSSR count). The summed E-state index contributed by atoms with van der Waals surface area (Å²) in [5.74, 6) is 0.0584. The molecule has 0 saturated carbocycles. The number of nitrogens with one attached hydrogen (secondary N) is 2. The molecule has 0 radical (unpaired) electrons. The first-order chi connectivity index (χ1) is 10.2. The van der Waals surface area contributed by atoms with Crippen LogP contribution in [0.2, 0.25) is 5.02 Å². The zero-order valence-electron chi connectivity index (χ0n) is 13.0. The average molecular weight is 325 g/mol. The van der Waals surface area contributed by atoms with E-state index < -0.39 is 0 Å². The molecule has 2 N–H and O–H groups in total. The Kier molecular flexibility index (Phi) is 4.96. The van der Waals surface area contributed by atoms with Crippen LogP contribution in [0.4, 0.5) is 0 Å². The molecule has 1 heterocycles. The predicted molar refractivity (Wildman–Crippen MR) is 85.0 cm³/mol. The normalized spacial score (nSPS) is 17.2. The molecule has 0 unspecified atom stereocenters. The van der Waals surface area contributed by atoms with E-state index in [0.29, 0.717) is 18.1 Å². The first kappa shape index (κ1) is 16.6. The van der Waals surface area contributed by atoms with Crippen molar-refractivity contribution in [1.82, 2.24) is 10.6 Å². The maximum absolute atomic E-state index is 12.2. The number of carbonyl (C=O) groups excluding carboxylic acids is 2. The maximum Gasteiger partial charge on any atom is 0.239 e. The van der Waals surface area contributed by atoms with Crippen molar-refractivity contribution in [2.24, 2.45) is 5.92 Å². The number of carbonyl (C=O) groups is 2. The molecular weight excluding hydrogens is 304 g/mol. The zero-order chi connectivity index (χ0) is 16.3. The number of hydrogen-bond acceptors (Lipinski definition) is 3. The lowest BCUT2D eigenvalue weighted by Gasteiger charge is -2.25. The summed E-state index contributed by atoms with van der Waals surface area (Å²) in [6, 6.07) is 5.38. The highest BCUT2D eigenvalue weighted by Gasteiger charge is 2.26. The fourth-order valence-corrected chi connectivity index (χ4v) is 2.50. The van der Waals surface area contributed by atoms with Crippen LogP contribution in [-0.4, -0.2) is 30.5 Å². The van der Waals surface area contributed by atoms with Crippen LogP contribution in [0.15, 0.2) is 18.2 Å². The van der Waals surface area contributed by atoms with Crippen molar-refractivity contribution in [3.8, 4) is 5.75 Å². The summed E-state index contributed by atoms with van der Waals surface area (Å²) in [6.45, 7) is 5.95. The van der Waals surface area contributed by atoms with Crippen molar-refractivity contribution in [2.45, 2.75) is 32.7 Å². The second kappa shape index (κ2) is 6.57. The van der Waals surface area contributed by atoms with Crippen LogP contribution < -0.4 is 15.4 Å². The van der Waals surface area contributed by atoms with Gasteiger partial charge in [-0.15, -0.1) is 0 Å². The molecule has 0 bridgehead atoms. The Morgan fingerprint density at radius 1 is 1.36 bits per heavy atom. The topological polar surface area (TPSA) is 67.4 Å². The van der Waals surface area contributed by atoms with Gasteiger partial charge in [0.05, 0.1) is 12.5 Å². The average Bonchev–Trinajstić information content (AvgIpc) is 2.42. The number of amides is 2. The third-order valence-electron chi connectivity index (χ3n) is 3.24. The van der Waals surface area contributed by atoms with Crippen LogP contribution in [0.1, 0.15) is 26.3 Å². The summed E-state index contributed by atoms with van der Waals surface area (Å²) in [6.07, 6.45) is 0.558. The highest BCUT2D eigenvalue weighted by atomic mass is 35.5. The van der Waals surface area contributed by atoms with Gasteiger partial charge in [-0.3, -0.25) is 9.59 Å². The highest BCUT2D eigenvalue weighted by molar-refractivity contribution is 6.30. The molecule has 1 aromatic rings. The molecule has 0 saturated heterocycles. The lowest BCUT2D eigenvalue weighted by molar-refractivity contribution is -0.130. The van der Waals surface area contributed by atoms with Gasteiger partial charge in [0, 0.05) is 10.6 Å². The van der Waals surface area contributed by atoms with E-state index in [1.54, 1.807) is 6.07 Å². The van der Waals surface area contributed by atoms with Crippen molar-refractivity contribution in [3.63, 3.8) is 0 Å². The smallest absolute Gasteiger partial charge is 0.239 e. The third kappa shape index (κ3) is 4.63. The number of rotatable bonds is 3. The summed E-state index contributed by atoms with van der Waals surface area (Å²) in [5, 5.41) is 6.07. The maximum atomic E-state index is 12.2. The van der Waals surface area contributed by atoms with Gasteiger partial charge in [0.1, 0.15) is 12.4 Å². The number of hydrogen-bond donors (Lipinski definition) is 2. The molecule has 1 aromatic carbocycles. The second-order valence-corrected chi connectivity index (χ2v) is 6.92. The van der Waals surface area contributed by atoms with E-state index in [2.05, 4.69) is 10.6 Å². The van der Waals surface area contributed by atoms with E-state index in [-0.39, 0.29) is 29.8 Å². The molecule has 0 spiro atoms. The van der Waals surface area contributed by atoms with Gasteiger partial charge in [0.15, 0.2) is 0 Å². The minimum atomic E-state index is -0.314. The van der Waals surface area contributed by atoms with Crippen molar-refractivity contribution in [1.29, 1.82) is 0 Å². The van der Waals surface area contributed by atoms with Gasteiger partial charge in [0.2, 0.25) is 11.8 Å². The summed E-state index contributed by atoms with van der Waals surface area (Å²) in [4.78, 5) is 23.9. The van der Waals surface area contributed by atoms with E-state index in [1.165, 1.54) is 0 Å². The van der Waals surface area contributed by atoms with Gasteiger partial charge in [-0.1, -0.05) is 11.6 Å². The Hall–Kier alpha value is -1.75. The monoisotopic (exact) mass is 324 g/mol. The molecule has 2 amide bonds. The van der Waals surface area contributed by atoms with E-state index in [9.17, 15) is 9.59 Å². The van der Waals surface area contributed by atoms with Crippen molar-refractivity contribution >= 4 is 23.4 Å². The lowest BCUT2D eigenvalue weighted by atomic mass is 9.96. The van der Waals surface area contributed by atoms with Gasteiger partial charge in [0.25, 0.3) is 0 Å². The molecule has 0 aliphatic carbocycles. The predicted octanol–water partition coefficient (Wildman–Crippen LogP) is 1.92. The Morgan fingerprint density at radius 3 is 2.77 bits per heavy atom. The van der Waals surface area contributed by atoms with Crippen LogP contribution in [0.3, 0.4) is 0 Å². The molecule has 1 aliphatic rings. The summed E-state index contributed by atoms with van der Waals surface area (Å²) < 4.78 is 5.58. The Labute approximate surface area is 135 Å². The summed E-state index contributed by atoms with van der Waals surface area (Å²) >= 11 is 5.96. The molecule has 6 heteroatoms. The third-order valence-corrected chi connectivity index (χ3v) is 3.47. The largest absolute Gasteiger partial charge is 0.492 e. The first-order valence-electron chi connectivity index (χ1n) is 7.24. The van der Waals surface area contributed by atoms with Crippen molar-refractivity contribution < 1.29 is 14.3 Å². The van der Waals surface area contributed by atoms with Crippen LogP contribution >= 0.6 is 11.6 Å². The molecule has 1 atom stereocenters. The van der Waals surface area contributed by atoms with Crippen LogP contribution in [-0.2, 0) is 16.0 Å². The molecule has 5 nitrogen and oxygen atoms in total. The first-order valence-corrected chi connectivity index (χ1v) is 7.62. The quantitative estimate of drug-likeness (QED) is 0.892. The minimum Gasteiger partial charge on any atom is -0.492 e. The number of ether oxygens (including phenoxy) is 1. The molecule has 22 heavy (non-hydrogen) atoms. The van der Waals surface area contributed by atoms with Gasteiger partial charge in [-0.25, -0.2) is 0 Å². The van der Waals surface area contributed by atoms with Gasteiger partial charge < -0.3 is 15.4 Å². The van der Waals surface area contributed by atoms with E-state index in [0.717, 1.165) is 11.3 Å². The van der Waals surface area contributed by atoms with Crippen LogP contribution in [0, 0.1) is 5.92 Å². The Balaban J connectivity index is 1.88. The SMILES string of the molecule is CC(C)(C)NC(=O)CNC(=O)[C@@H]1COc2ccc(Cl)cc2C1. The zero-order valence-corrected chi connectivity index (χ0v) is 13.8. The molecule has 120 valence electrons. The molecule has 0 aromatic heterocycles. The highest BCUT2D eigenvalue weighted by Crippen LogP contribution is 2.29. The van der Waals surface area contributed by atoms with Crippen LogP contribution in [0.25, 0.3) is 0 Å². The lowest BCUT2D eigenvalue weighted by Crippen LogP contribution is -2.47. The second-order valence-electron chi connectivity index (χ2n) is 6.48. The fourth-order valence-electron chi connectivity index (χ4n) is 2.31. The number of fused-ring (bicyclic) bond motifs is 1. The van der Waals surface area contributed by atoms with Crippen molar-refractivity contribution in [2.75, 3.05) is 13.2 Å². The fraction of sp³-hybridized carbons (Fsp3) is 0.500. The van der Waals surface area contributed by atoms with Crippen molar-refractivity contribution in [3.05, 3.63) is 28.8 Å². The van der Waals surface area contributed by atoms with E-state index in [1.807, 2.05) is 32.9 Å². The Morgan fingerprint density at radius 2 is 2.09 bits per heavy atom. The minimum absolute atomic E-state index is 0.0327. The van der Waals surface area contributed by atoms with Crippen LogP contribution in [0.5, 0.6) is 5.75 Å². The number of benzene rings is 1. The summed E-state index contributed by atoms with van der Waals surface area (Å²) in [7, 11) is 0. The summed E-state index contributed by atoms with van der Waals surface area (Å²) in [5.41, 5.74) is 0.601. The molecule has 1 aliphatic heterocycles. The molecular formula is C16H21ClN2O3. The standard InChI is InChI=1S/C16H21ClN2O3/c1-16(2,3)19-14(20)8-18-15(21)11-6-10-7-12(17)4-5-13(10)22-9-11/h4-5,7,11H,6,8-9H2,1-3H3,(H,18,21)(H,19,20)/t11-/m0/s1. The van der Waals surface area contributed by atoms with Gasteiger partial charge >= 0.3 is 0 Å². The van der Waals surface area contributed by atoms with Gasteiger partial charge in [-0.05, 0) is 51.0 Å². The Bertz CT molecular complexity index is 581. The van der Waals surface area contributed by atoms with Gasteiger partial charge in [-0.2, -0.15) is 0 Å². The molecule has 0 fully saturated rings. The van der Waals surface area contributed by atoms with E-state index in [4.69, 9.17) is 16.3 Å². The number of halogens is 1.